The zero-order valence-corrected chi connectivity index (χ0v) is 11.4. The number of aromatic nitrogens is 2. The number of imidazole rings is 1. The molecule has 0 aliphatic rings. The third kappa shape index (κ3) is 3.17. The highest BCUT2D eigenvalue weighted by Crippen LogP contribution is 2.26. The average Bonchev–Trinajstić information content (AvgIpc) is 2.79. The first-order valence-corrected chi connectivity index (χ1v) is 6.54. The topological polar surface area (TPSA) is 40.7 Å². The molecule has 0 aliphatic heterocycles. The number of rotatable bonds is 5. The van der Waals surface area contributed by atoms with Crippen LogP contribution in [-0.2, 0) is 6.42 Å². The normalized spacial score (nSPS) is 10.7. The van der Waals surface area contributed by atoms with Crippen molar-refractivity contribution in [1.29, 1.82) is 0 Å². The molecule has 0 aliphatic carbocycles. The first kappa shape index (κ1) is 12.3. The van der Waals surface area contributed by atoms with E-state index in [4.69, 9.17) is 0 Å². The van der Waals surface area contributed by atoms with Crippen molar-refractivity contribution in [3.05, 3.63) is 40.8 Å². The van der Waals surface area contributed by atoms with E-state index in [-0.39, 0.29) is 0 Å². The lowest BCUT2D eigenvalue weighted by molar-refractivity contribution is 0.707. The maximum absolute atomic E-state index is 4.40. The molecular formula is C13H16BrN3. The number of nitrogens with one attached hydrogen (secondary N) is 2. The van der Waals surface area contributed by atoms with Gasteiger partial charge in [0.25, 0.3) is 0 Å². The molecule has 1 aromatic heterocycles. The van der Waals surface area contributed by atoms with Crippen molar-refractivity contribution < 1.29 is 0 Å². The van der Waals surface area contributed by atoms with Gasteiger partial charge in [-0.25, -0.2) is 4.98 Å². The fourth-order valence-corrected chi connectivity index (χ4v) is 2.24. The molecule has 0 radical (unpaired) electrons. The first-order valence-electron chi connectivity index (χ1n) is 5.74. The van der Waals surface area contributed by atoms with Gasteiger partial charge in [0.1, 0.15) is 5.82 Å². The molecule has 0 unspecified atom stereocenters. The van der Waals surface area contributed by atoms with E-state index in [0.29, 0.717) is 0 Å². The summed E-state index contributed by atoms with van der Waals surface area (Å²) < 4.78 is 1.09. The Bertz CT molecular complexity index is 479. The summed E-state index contributed by atoms with van der Waals surface area (Å²) in [6.07, 6.45) is 3.97. The van der Waals surface area contributed by atoms with Crippen molar-refractivity contribution in [2.45, 2.75) is 12.8 Å². The van der Waals surface area contributed by atoms with Crippen LogP contribution in [0, 0.1) is 0 Å². The molecule has 0 fully saturated rings. The van der Waals surface area contributed by atoms with Crippen LogP contribution in [0.5, 0.6) is 0 Å². The Labute approximate surface area is 110 Å². The molecule has 3 nitrogen and oxygen atoms in total. The lowest BCUT2D eigenvalue weighted by Gasteiger charge is -2.00. The van der Waals surface area contributed by atoms with Crippen LogP contribution in [0.3, 0.4) is 0 Å². The largest absolute Gasteiger partial charge is 0.342 e. The molecule has 0 atom stereocenters. The molecule has 90 valence electrons. The van der Waals surface area contributed by atoms with Gasteiger partial charge < -0.3 is 10.3 Å². The van der Waals surface area contributed by atoms with Crippen LogP contribution >= 0.6 is 15.9 Å². The summed E-state index contributed by atoms with van der Waals surface area (Å²) in [7, 11) is 1.97. The molecule has 1 aromatic carbocycles. The number of aromatic amines is 1. The van der Waals surface area contributed by atoms with Gasteiger partial charge in [-0.15, -0.1) is 0 Å². The second-order valence-electron chi connectivity index (χ2n) is 3.93. The molecule has 0 spiro atoms. The van der Waals surface area contributed by atoms with Gasteiger partial charge in [0.15, 0.2) is 0 Å². The van der Waals surface area contributed by atoms with Crippen LogP contribution in [-0.4, -0.2) is 23.6 Å². The average molecular weight is 294 g/mol. The molecule has 0 amide bonds. The van der Waals surface area contributed by atoms with Crippen molar-refractivity contribution >= 4 is 15.9 Å². The SMILES string of the molecule is CNCCCc1ncc(-c2ccccc2Br)[nH]1. The molecule has 1 heterocycles. The number of nitrogens with zero attached hydrogens (tertiary/aromatic N) is 1. The van der Waals surface area contributed by atoms with E-state index < -0.39 is 0 Å². The lowest BCUT2D eigenvalue weighted by atomic mass is 10.2. The van der Waals surface area contributed by atoms with Gasteiger partial charge in [0, 0.05) is 16.5 Å². The Kier molecular flexibility index (Phi) is 4.34. The van der Waals surface area contributed by atoms with Crippen molar-refractivity contribution in [2.24, 2.45) is 0 Å². The van der Waals surface area contributed by atoms with Gasteiger partial charge in [-0.2, -0.15) is 0 Å². The second kappa shape index (κ2) is 5.98. The molecule has 2 aromatic rings. The van der Waals surface area contributed by atoms with E-state index in [1.165, 1.54) is 0 Å². The number of H-pyrrole nitrogens is 1. The Balaban J connectivity index is 2.10. The van der Waals surface area contributed by atoms with Gasteiger partial charge in [0.2, 0.25) is 0 Å². The fraction of sp³-hybridized carbons (Fsp3) is 0.308. The lowest BCUT2D eigenvalue weighted by Crippen LogP contribution is -2.08. The summed E-state index contributed by atoms with van der Waals surface area (Å²) >= 11 is 3.55. The van der Waals surface area contributed by atoms with Crippen LogP contribution < -0.4 is 5.32 Å². The third-order valence-electron chi connectivity index (χ3n) is 2.63. The van der Waals surface area contributed by atoms with Gasteiger partial charge in [-0.1, -0.05) is 34.1 Å². The van der Waals surface area contributed by atoms with Crippen molar-refractivity contribution in [2.75, 3.05) is 13.6 Å². The summed E-state index contributed by atoms with van der Waals surface area (Å²) in [5.41, 5.74) is 2.22. The Morgan fingerprint density at radius 1 is 1.35 bits per heavy atom. The van der Waals surface area contributed by atoms with Crippen molar-refractivity contribution in [1.82, 2.24) is 15.3 Å². The van der Waals surface area contributed by atoms with Crippen LogP contribution in [0.4, 0.5) is 0 Å². The number of hydrogen-bond acceptors (Lipinski definition) is 2. The predicted molar refractivity (Wildman–Crippen MR) is 74.0 cm³/mol. The Morgan fingerprint density at radius 2 is 2.18 bits per heavy atom. The standard InChI is InChI=1S/C13H16BrN3/c1-15-8-4-7-13-16-9-12(17-13)10-5-2-3-6-11(10)14/h2-3,5-6,9,15H,4,7-8H2,1H3,(H,16,17). The molecule has 2 rings (SSSR count). The summed E-state index contributed by atoms with van der Waals surface area (Å²) in [5.74, 6) is 1.05. The van der Waals surface area contributed by atoms with E-state index in [1.54, 1.807) is 0 Å². The molecule has 0 saturated carbocycles. The smallest absolute Gasteiger partial charge is 0.106 e. The van der Waals surface area contributed by atoms with E-state index in [0.717, 1.165) is 40.9 Å². The van der Waals surface area contributed by atoms with E-state index >= 15 is 0 Å². The molecule has 17 heavy (non-hydrogen) atoms. The number of halogens is 1. The fourth-order valence-electron chi connectivity index (χ4n) is 1.74. The highest BCUT2D eigenvalue weighted by atomic mass is 79.9. The summed E-state index contributed by atoms with van der Waals surface area (Å²) in [6, 6.07) is 8.16. The summed E-state index contributed by atoms with van der Waals surface area (Å²) in [6.45, 7) is 1.02. The maximum atomic E-state index is 4.40. The maximum Gasteiger partial charge on any atom is 0.106 e. The predicted octanol–water partition coefficient (Wildman–Crippen LogP) is 2.99. The van der Waals surface area contributed by atoms with Crippen LogP contribution in [0.2, 0.25) is 0 Å². The molecule has 0 bridgehead atoms. The van der Waals surface area contributed by atoms with Crippen LogP contribution in [0.25, 0.3) is 11.3 Å². The Morgan fingerprint density at radius 3 is 2.94 bits per heavy atom. The minimum absolute atomic E-state index is 0.977. The number of aryl methyl sites for hydroxylation is 1. The van der Waals surface area contributed by atoms with Crippen molar-refractivity contribution in [3.63, 3.8) is 0 Å². The summed E-state index contributed by atoms with van der Waals surface area (Å²) in [4.78, 5) is 7.76. The number of hydrogen-bond donors (Lipinski definition) is 2. The summed E-state index contributed by atoms with van der Waals surface area (Å²) in [5, 5.41) is 3.14. The second-order valence-corrected chi connectivity index (χ2v) is 4.78. The van der Waals surface area contributed by atoms with Gasteiger partial charge in [0.05, 0.1) is 11.9 Å². The molecular weight excluding hydrogens is 278 g/mol. The van der Waals surface area contributed by atoms with E-state index in [1.807, 2.05) is 31.4 Å². The Hall–Kier alpha value is -1.13. The number of benzene rings is 1. The van der Waals surface area contributed by atoms with Crippen LogP contribution in [0.15, 0.2) is 34.9 Å². The van der Waals surface area contributed by atoms with Gasteiger partial charge >= 0.3 is 0 Å². The highest BCUT2D eigenvalue weighted by molar-refractivity contribution is 9.10. The van der Waals surface area contributed by atoms with Gasteiger partial charge in [-0.05, 0) is 26.1 Å². The zero-order valence-electron chi connectivity index (χ0n) is 9.83. The van der Waals surface area contributed by atoms with Crippen molar-refractivity contribution in [3.8, 4) is 11.3 Å². The minimum atomic E-state index is 0.977. The van der Waals surface area contributed by atoms with Gasteiger partial charge in [-0.3, -0.25) is 0 Å². The van der Waals surface area contributed by atoms with E-state index in [9.17, 15) is 0 Å². The monoisotopic (exact) mass is 293 g/mol. The van der Waals surface area contributed by atoms with Crippen LogP contribution in [0.1, 0.15) is 12.2 Å². The zero-order chi connectivity index (χ0) is 12.1. The third-order valence-corrected chi connectivity index (χ3v) is 3.32. The first-order chi connectivity index (χ1) is 8.31. The highest BCUT2D eigenvalue weighted by Gasteiger charge is 2.05. The minimum Gasteiger partial charge on any atom is -0.342 e. The molecule has 4 heteroatoms. The molecule has 0 saturated heterocycles. The molecule has 2 N–H and O–H groups in total. The quantitative estimate of drug-likeness (QED) is 0.832. The van der Waals surface area contributed by atoms with E-state index in [2.05, 4.69) is 37.3 Å².